The zero-order valence-corrected chi connectivity index (χ0v) is 11.1. The van der Waals surface area contributed by atoms with E-state index >= 15 is 0 Å². The number of methoxy groups -OCH3 is 1. The number of benzene rings is 1. The van der Waals surface area contributed by atoms with Crippen molar-refractivity contribution in [2.45, 2.75) is 6.92 Å². The van der Waals surface area contributed by atoms with Crippen LogP contribution in [0, 0.1) is 0 Å². The molecular weight excluding hydrogens is 250 g/mol. The van der Waals surface area contributed by atoms with E-state index in [-0.39, 0.29) is 25.7 Å². The van der Waals surface area contributed by atoms with Gasteiger partial charge in [-0.15, -0.1) is 0 Å². The molecule has 1 rings (SSSR count). The Morgan fingerprint density at radius 3 is 2.79 bits per heavy atom. The van der Waals surface area contributed by atoms with Gasteiger partial charge in [0.2, 0.25) is 5.91 Å². The second-order valence-electron chi connectivity index (χ2n) is 3.62. The number of rotatable bonds is 8. The van der Waals surface area contributed by atoms with Gasteiger partial charge in [0.15, 0.2) is 11.5 Å². The van der Waals surface area contributed by atoms with Crippen LogP contribution in [0.2, 0.25) is 0 Å². The first kappa shape index (κ1) is 15.3. The highest BCUT2D eigenvalue weighted by Gasteiger charge is 2.08. The van der Waals surface area contributed by atoms with E-state index in [4.69, 9.17) is 19.3 Å². The summed E-state index contributed by atoms with van der Waals surface area (Å²) in [4.78, 5) is 11.5. The molecule has 6 nitrogen and oxygen atoms in total. The van der Waals surface area contributed by atoms with E-state index in [2.05, 4.69) is 5.32 Å². The molecule has 0 fully saturated rings. The summed E-state index contributed by atoms with van der Waals surface area (Å²) in [5, 5.41) is 11.4. The minimum Gasteiger partial charge on any atom is -0.493 e. The molecule has 0 heterocycles. The fourth-order valence-electron chi connectivity index (χ4n) is 1.41. The summed E-state index contributed by atoms with van der Waals surface area (Å²) in [6.07, 6.45) is 0. The van der Waals surface area contributed by atoms with E-state index in [0.717, 1.165) is 0 Å². The molecule has 0 atom stereocenters. The van der Waals surface area contributed by atoms with Crippen LogP contribution in [0.15, 0.2) is 18.2 Å². The average Bonchev–Trinajstić information content (AvgIpc) is 2.43. The molecule has 0 saturated carbocycles. The molecule has 0 aliphatic carbocycles. The summed E-state index contributed by atoms with van der Waals surface area (Å²) < 4.78 is 15.5. The van der Waals surface area contributed by atoms with Gasteiger partial charge in [-0.05, 0) is 19.1 Å². The van der Waals surface area contributed by atoms with Crippen molar-refractivity contribution in [3.05, 3.63) is 18.2 Å². The highest BCUT2D eigenvalue weighted by Crippen LogP contribution is 2.30. The van der Waals surface area contributed by atoms with Gasteiger partial charge >= 0.3 is 0 Å². The maximum absolute atomic E-state index is 11.5. The van der Waals surface area contributed by atoms with Crippen LogP contribution in [0.5, 0.6) is 11.5 Å². The van der Waals surface area contributed by atoms with Gasteiger partial charge in [0.25, 0.3) is 0 Å². The van der Waals surface area contributed by atoms with Crippen LogP contribution < -0.4 is 14.8 Å². The van der Waals surface area contributed by atoms with E-state index in [1.165, 1.54) is 7.11 Å². The molecule has 1 aromatic carbocycles. The zero-order valence-electron chi connectivity index (χ0n) is 11.1. The Morgan fingerprint density at radius 1 is 1.37 bits per heavy atom. The quantitative estimate of drug-likeness (QED) is 0.737. The Hall–Kier alpha value is -1.79. The van der Waals surface area contributed by atoms with Gasteiger partial charge in [-0.3, -0.25) is 4.79 Å². The molecule has 0 saturated heterocycles. The normalized spacial score (nSPS) is 10.1. The third-order valence-electron chi connectivity index (χ3n) is 2.23. The topological polar surface area (TPSA) is 77.0 Å². The van der Waals surface area contributed by atoms with Crippen LogP contribution in [-0.4, -0.2) is 44.6 Å². The predicted molar refractivity (Wildman–Crippen MR) is 70.7 cm³/mol. The predicted octanol–water partition coefficient (Wildman–Crippen LogP) is 1.04. The monoisotopic (exact) mass is 269 g/mol. The minimum atomic E-state index is -0.236. The maximum Gasteiger partial charge on any atom is 0.250 e. The van der Waals surface area contributed by atoms with Crippen molar-refractivity contribution in [1.82, 2.24) is 0 Å². The number of ether oxygens (including phenoxy) is 3. The highest BCUT2D eigenvalue weighted by atomic mass is 16.5. The van der Waals surface area contributed by atoms with Crippen molar-refractivity contribution in [2.75, 3.05) is 38.9 Å². The molecule has 1 amide bonds. The number of aliphatic hydroxyl groups excluding tert-OH is 1. The summed E-state index contributed by atoms with van der Waals surface area (Å²) in [5.74, 6) is 0.766. The lowest BCUT2D eigenvalue weighted by atomic mass is 10.2. The van der Waals surface area contributed by atoms with Gasteiger partial charge in [-0.25, -0.2) is 0 Å². The first-order valence-electron chi connectivity index (χ1n) is 6.00. The number of carbonyl (C=O) groups excluding carboxylic acids is 1. The van der Waals surface area contributed by atoms with Gasteiger partial charge in [0, 0.05) is 18.4 Å². The van der Waals surface area contributed by atoms with E-state index in [1.54, 1.807) is 18.2 Å². The first-order chi connectivity index (χ1) is 9.21. The molecule has 2 N–H and O–H groups in total. The molecule has 19 heavy (non-hydrogen) atoms. The number of aliphatic hydroxyl groups is 1. The Bertz CT molecular complexity index is 408. The fourth-order valence-corrected chi connectivity index (χ4v) is 1.41. The lowest BCUT2D eigenvalue weighted by Crippen LogP contribution is -2.18. The number of carbonyl (C=O) groups is 1. The van der Waals surface area contributed by atoms with Crippen LogP contribution in [0.4, 0.5) is 5.69 Å². The third-order valence-corrected chi connectivity index (χ3v) is 2.23. The van der Waals surface area contributed by atoms with Crippen LogP contribution >= 0.6 is 0 Å². The van der Waals surface area contributed by atoms with Gasteiger partial charge in [0.1, 0.15) is 13.2 Å². The SMILES string of the molecule is CCOCC(=O)Nc1ccc(OC)c(OCCO)c1. The van der Waals surface area contributed by atoms with Crippen LogP contribution in [0.25, 0.3) is 0 Å². The Balaban J connectivity index is 2.71. The Labute approximate surface area is 112 Å². The average molecular weight is 269 g/mol. The smallest absolute Gasteiger partial charge is 0.250 e. The van der Waals surface area contributed by atoms with E-state index < -0.39 is 0 Å². The molecule has 0 aliphatic heterocycles. The first-order valence-corrected chi connectivity index (χ1v) is 6.00. The Kier molecular flexibility index (Phi) is 6.70. The molecule has 6 heteroatoms. The van der Waals surface area contributed by atoms with Gasteiger partial charge in [-0.1, -0.05) is 0 Å². The van der Waals surface area contributed by atoms with Crippen molar-refractivity contribution in [3.63, 3.8) is 0 Å². The molecule has 1 aromatic rings. The zero-order chi connectivity index (χ0) is 14.1. The second kappa shape index (κ2) is 8.34. The summed E-state index contributed by atoms with van der Waals surface area (Å²) >= 11 is 0. The van der Waals surface area contributed by atoms with Crippen molar-refractivity contribution in [2.24, 2.45) is 0 Å². The van der Waals surface area contributed by atoms with Crippen molar-refractivity contribution in [1.29, 1.82) is 0 Å². The Morgan fingerprint density at radius 2 is 2.16 bits per heavy atom. The number of hydrogen-bond donors (Lipinski definition) is 2. The number of amides is 1. The van der Waals surface area contributed by atoms with Gasteiger partial charge < -0.3 is 24.6 Å². The molecule has 0 spiro atoms. The molecule has 0 aliphatic rings. The summed E-state index contributed by atoms with van der Waals surface area (Å²) in [5.41, 5.74) is 0.582. The number of nitrogens with one attached hydrogen (secondary N) is 1. The minimum absolute atomic E-state index is 0.00929. The summed E-state index contributed by atoms with van der Waals surface area (Å²) in [6, 6.07) is 5.02. The standard InChI is InChI=1S/C13H19NO5/c1-3-18-9-13(16)14-10-4-5-11(17-2)12(8-10)19-7-6-15/h4-5,8,15H,3,6-7,9H2,1-2H3,(H,14,16). The van der Waals surface area contributed by atoms with Crippen LogP contribution in [0.3, 0.4) is 0 Å². The second-order valence-corrected chi connectivity index (χ2v) is 3.62. The van der Waals surface area contributed by atoms with Crippen molar-refractivity contribution in [3.8, 4) is 11.5 Å². The summed E-state index contributed by atoms with van der Waals surface area (Å²) in [7, 11) is 1.52. The molecule has 0 bridgehead atoms. The van der Waals surface area contributed by atoms with Crippen LogP contribution in [0.1, 0.15) is 6.92 Å². The van der Waals surface area contributed by atoms with Crippen molar-refractivity contribution >= 4 is 11.6 Å². The van der Waals surface area contributed by atoms with Crippen molar-refractivity contribution < 1.29 is 24.1 Å². The molecule has 0 unspecified atom stereocenters. The van der Waals surface area contributed by atoms with E-state index in [1.807, 2.05) is 6.92 Å². The molecule has 0 aromatic heterocycles. The highest BCUT2D eigenvalue weighted by molar-refractivity contribution is 5.92. The molecular formula is C13H19NO5. The largest absolute Gasteiger partial charge is 0.493 e. The maximum atomic E-state index is 11.5. The molecule has 106 valence electrons. The van der Waals surface area contributed by atoms with E-state index in [0.29, 0.717) is 23.8 Å². The number of hydrogen-bond acceptors (Lipinski definition) is 5. The van der Waals surface area contributed by atoms with Gasteiger partial charge in [0.05, 0.1) is 13.7 Å². The lowest BCUT2D eigenvalue weighted by molar-refractivity contribution is -0.120. The lowest BCUT2D eigenvalue weighted by Gasteiger charge is -2.12. The fraction of sp³-hybridized carbons (Fsp3) is 0.462. The third kappa shape index (κ3) is 5.15. The van der Waals surface area contributed by atoms with E-state index in [9.17, 15) is 4.79 Å². The molecule has 0 radical (unpaired) electrons. The number of anilines is 1. The van der Waals surface area contributed by atoms with Gasteiger partial charge in [-0.2, -0.15) is 0 Å². The summed E-state index contributed by atoms with van der Waals surface area (Å²) in [6.45, 7) is 2.38. The van der Waals surface area contributed by atoms with Crippen LogP contribution in [-0.2, 0) is 9.53 Å².